The van der Waals surface area contributed by atoms with Gasteiger partial charge in [0.1, 0.15) is 0 Å². The van der Waals surface area contributed by atoms with Crippen molar-refractivity contribution in [3.63, 3.8) is 0 Å². The first-order valence-electron chi connectivity index (χ1n) is 8.89. The van der Waals surface area contributed by atoms with Crippen LogP contribution in [0.2, 0.25) is 0 Å². The molecule has 23 heavy (non-hydrogen) atoms. The second kappa shape index (κ2) is 4.19. The van der Waals surface area contributed by atoms with Gasteiger partial charge < -0.3 is 9.80 Å². The predicted molar refractivity (Wildman–Crippen MR) is 91.5 cm³/mol. The number of para-hydroxylation sites is 1. The predicted octanol–water partition coefficient (Wildman–Crippen LogP) is 3.10. The highest BCUT2D eigenvalue weighted by Gasteiger charge is 2.70. The van der Waals surface area contributed by atoms with Gasteiger partial charge >= 0.3 is 0 Å². The van der Waals surface area contributed by atoms with Crippen molar-refractivity contribution < 1.29 is 4.79 Å². The molecule has 3 heteroatoms. The highest BCUT2D eigenvalue weighted by molar-refractivity contribution is 5.77. The summed E-state index contributed by atoms with van der Waals surface area (Å²) in [5, 5.41) is 0. The Kier molecular flexibility index (Phi) is 2.49. The van der Waals surface area contributed by atoms with Gasteiger partial charge in [-0.05, 0) is 43.2 Å². The molecule has 2 bridgehead atoms. The molecule has 5 aliphatic rings. The number of amides is 1. The van der Waals surface area contributed by atoms with Crippen LogP contribution in [0.25, 0.3) is 0 Å². The number of rotatable bonds is 0. The van der Waals surface area contributed by atoms with E-state index in [-0.39, 0.29) is 16.9 Å². The lowest BCUT2D eigenvalue weighted by Gasteiger charge is -2.55. The van der Waals surface area contributed by atoms with E-state index >= 15 is 0 Å². The third kappa shape index (κ3) is 1.33. The number of hydrogen-bond acceptors (Lipinski definition) is 2. The summed E-state index contributed by atoms with van der Waals surface area (Å²) in [7, 11) is 2.28. The van der Waals surface area contributed by atoms with E-state index in [1.807, 2.05) is 0 Å². The summed E-state index contributed by atoms with van der Waals surface area (Å²) in [6.07, 6.45) is 9.46. The van der Waals surface area contributed by atoms with Crippen molar-refractivity contribution in [2.24, 2.45) is 5.92 Å². The molecule has 0 N–H and O–H groups in total. The Morgan fingerprint density at radius 1 is 1.26 bits per heavy atom. The molecule has 0 unspecified atom stereocenters. The Balaban J connectivity index is 1.82. The van der Waals surface area contributed by atoms with Gasteiger partial charge in [-0.25, -0.2) is 0 Å². The molecule has 1 aromatic rings. The smallest absolute Gasteiger partial charge is 0.219 e. The zero-order valence-electron chi connectivity index (χ0n) is 14.0. The van der Waals surface area contributed by atoms with Gasteiger partial charge in [0.2, 0.25) is 5.91 Å². The fraction of sp³-hybridized carbons (Fsp3) is 0.550. The Bertz CT molecular complexity index is 726. The molecular weight excluding hydrogens is 284 g/mol. The van der Waals surface area contributed by atoms with E-state index in [1.165, 1.54) is 24.1 Å². The number of hydrogen-bond donors (Lipinski definition) is 0. The van der Waals surface area contributed by atoms with E-state index in [2.05, 4.69) is 53.3 Å². The average molecular weight is 308 g/mol. The number of anilines is 1. The summed E-state index contributed by atoms with van der Waals surface area (Å²) in [6.45, 7) is 2.66. The Morgan fingerprint density at radius 3 is 2.91 bits per heavy atom. The van der Waals surface area contributed by atoms with E-state index in [9.17, 15) is 4.79 Å². The summed E-state index contributed by atoms with van der Waals surface area (Å²) in [5.41, 5.74) is 3.13. The summed E-state index contributed by atoms with van der Waals surface area (Å²) < 4.78 is 0. The van der Waals surface area contributed by atoms with Crippen LogP contribution in [0.4, 0.5) is 5.69 Å². The topological polar surface area (TPSA) is 23.6 Å². The first-order chi connectivity index (χ1) is 11.1. The lowest BCUT2D eigenvalue weighted by molar-refractivity contribution is -0.131. The number of carbonyl (C=O) groups excluding carboxylic acids is 1. The second-order valence-electron chi connectivity index (χ2n) is 7.82. The minimum Gasteiger partial charge on any atom is -0.367 e. The van der Waals surface area contributed by atoms with Crippen LogP contribution in [-0.2, 0) is 10.2 Å². The SMILES string of the molecule is CC(=O)N1CC[C@]23c4ccccc4N(C)[C@@]24CC=C[C@H](CC4)[C@H]13. The maximum Gasteiger partial charge on any atom is 0.219 e. The number of carbonyl (C=O) groups is 1. The quantitative estimate of drug-likeness (QED) is 0.688. The first-order valence-corrected chi connectivity index (χ1v) is 8.89. The standard InChI is InChI=1S/C20H24N2O/c1-14(23)22-13-12-20-16-7-3-4-8-17(16)21(2)19(20)10-5-6-15(9-11-19)18(20)22/h3-8,15,18H,9-13H2,1-2H3/t15-,18+,19-,20-/m1/s1. The molecule has 6 rings (SSSR count). The van der Waals surface area contributed by atoms with Gasteiger partial charge in [-0.1, -0.05) is 30.4 Å². The Hall–Kier alpha value is -1.77. The van der Waals surface area contributed by atoms with Gasteiger partial charge in [-0.3, -0.25) is 4.79 Å². The zero-order valence-corrected chi connectivity index (χ0v) is 14.0. The van der Waals surface area contributed by atoms with Gasteiger partial charge in [0.05, 0.1) is 5.54 Å². The third-order valence-corrected chi connectivity index (χ3v) is 7.35. The van der Waals surface area contributed by atoms with Crippen LogP contribution in [-0.4, -0.2) is 36.0 Å². The maximum absolute atomic E-state index is 12.4. The molecule has 1 saturated carbocycles. The monoisotopic (exact) mass is 308 g/mol. The van der Waals surface area contributed by atoms with Crippen LogP contribution in [0.15, 0.2) is 36.4 Å². The molecule has 0 radical (unpaired) electrons. The van der Waals surface area contributed by atoms with Crippen molar-refractivity contribution in [1.82, 2.24) is 4.90 Å². The van der Waals surface area contributed by atoms with Crippen LogP contribution in [0.3, 0.4) is 0 Å². The average Bonchev–Trinajstić information content (AvgIpc) is 2.91. The molecule has 3 nitrogen and oxygen atoms in total. The third-order valence-electron chi connectivity index (χ3n) is 7.35. The van der Waals surface area contributed by atoms with Crippen LogP contribution in [0.5, 0.6) is 0 Å². The number of likely N-dealkylation sites (N-methyl/N-ethyl adjacent to an activating group) is 1. The molecular formula is C20H24N2O. The van der Waals surface area contributed by atoms with Crippen molar-refractivity contribution in [3.8, 4) is 0 Å². The normalized spacial score (nSPS) is 39.9. The van der Waals surface area contributed by atoms with Gasteiger partial charge in [-0.2, -0.15) is 0 Å². The minimum atomic E-state index is 0.108. The minimum absolute atomic E-state index is 0.108. The molecule has 2 heterocycles. The molecule has 4 atom stereocenters. The number of nitrogens with zero attached hydrogens (tertiary/aromatic N) is 2. The molecule has 1 saturated heterocycles. The summed E-state index contributed by atoms with van der Waals surface area (Å²) in [5.74, 6) is 0.756. The van der Waals surface area contributed by atoms with Crippen molar-refractivity contribution in [2.45, 2.75) is 49.6 Å². The molecule has 1 amide bonds. The summed E-state index contributed by atoms with van der Waals surface area (Å²) in [4.78, 5) is 17.1. The van der Waals surface area contributed by atoms with E-state index in [0.29, 0.717) is 12.0 Å². The number of fused-ring (bicyclic) bond motifs is 3. The van der Waals surface area contributed by atoms with Crippen molar-refractivity contribution in [2.75, 3.05) is 18.5 Å². The van der Waals surface area contributed by atoms with E-state index in [0.717, 1.165) is 19.4 Å². The molecule has 120 valence electrons. The van der Waals surface area contributed by atoms with Crippen LogP contribution in [0.1, 0.15) is 38.2 Å². The molecule has 1 aromatic carbocycles. The van der Waals surface area contributed by atoms with E-state index in [1.54, 1.807) is 6.92 Å². The molecule has 2 spiro atoms. The zero-order chi connectivity index (χ0) is 15.8. The van der Waals surface area contributed by atoms with Crippen LogP contribution in [0, 0.1) is 5.92 Å². The fourth-order valence-corrected chi connectivity index (χ4v) is 6.54. The Labute approximate surface area is 138 Å². The lowest BCUT2D eigenvalue weighted by Crippen LogP contribution is -2.65. The van der Waals surface area contributed by atoms with Crippen LogP contribution < -0.4 is 4.90 Å². The largest absolute Gasteiger partial charge is 0.367 e. The number of likely N-dealkylation sites (tertiary alicyclic amines) is 1. The lowest BCUT2D eigenvalue weighted by atomic mass is 9.54. The van der Waals surface area contributed by atoms with Crippen molar-refractivity contribution >= 4 is 11.6 Å². The molecule has 2 aliphatic heterocycles. The molecule has 2 fully saturated rings. The van der Waals surface area contributed by atoms with Gasteiger partial charge in [-0.15, -0.1) is 0 Å². The van der Waals surface area contributed by atoms with Crippen LogP contribution >= 0.6 is 0 Å². The van der Waals surface area contributed by atoms with E-state index in [4.69, 9.17) is 0 Å². The van der Waals surface area contributed by atoms with Crippen molar-refractivity contribution in [1.29, 1.82) is 0 Å². The Morgan fingerprint density at radius 2 is 2.09 bits per heavy atom. The van der Waals surface area contributed by atoms with Gasteiger partial charge in [0.25, 0.3) is 0 Å². The van der Waals surface area contributed by atoms with E-state index < -0.39 is 0 Å². The first kappa shape index (κ1) is 13.6. The second-order valence-corrected chi connectivity index (χ2v) is 7.82. The summed E-state index contributed by atoms with van der Waals surface area (Å²) in [6, 6.07) is 9.28. The highest BCUT2D eigenvalue weighted by Crippen LogP contribution is 2.66. The fourth-order valence-electron chi connectivity index (χ4n) is 6.54. The van der Waals surface area contributed by atoms with Gasteiger partial charge in [0.15, 0.2) is 0 Å². The number of benzene rings is 1. The highest BCUT2D eigenvalue weighted by atomic mass is 16.2. The maximum atomic E-state index is 12.4. The molecule has 3 aliphatic carbocycles. The molecule has 0 aromatic heterocycles. The van der Waals surface area contributed by atoms with Gasteiger partial charge in [0, 0.05) is 37.7 Å². The summed E-state index contributed by atoms with van der Waals surface area (Å²) >= 11 is 0. The van der Waals surface area contributed by atoms with Crippen molar-refractivity contribution in [3.05, 3.63) is 42.0 Å².